The molecular weight excluding hydrogens is 356 g/mol. The maximum Gasteiger partial charge on any atom is 0.246 e. The lowest BCUT2D eigenvalue weighted by atomic mass is 9.97. The zero-order valence-corrected chi connectivity index (χ0v) is 16.4. The van der Waals surface area contributed by atoms with Crippen LogP contribution in [0.1, 0.15) is 51.1 Å². The second kappa shape index (κ2) is 6.88. The Labute approximate surface area is 165 Å². The lowest BCUT2D eigenvalue weighted by Gasteiger charge is -2.38. The third kappa shape index (κ3) is 3.07. The number of benzene rings is 1. The molecule has 1 saturated carbocycles. The van der Waals surface area contributed by atoms with Gasteiger partial charge in [0.25, 0.3) is 0 Å². The molecule has 0 radical (unpaired) electrons. The van der Waals surface area contributed by atoms with E-state index in [0.717, 1.165) is 18.4 Å². The monoisotopic (exact) mass is 384 g/mol. The van der Waals surface area contributed by atoms with E-state index in [9.17, 15) is 14.4 Å². The summed E-state index contributed by atoms with van der Waals surface area (Å²) < 4.78 is 0. The second-order valence-corrected chi connectivity index (χ2v) is 8.49. The minimum atomic E-state index is -0.664. The van der Waals surface area contributed by atoms with E-state index in [2.05, 4.69) is 10.6 Å². The summed E-state index contributed by atoms with van der Waals surface area (Å²) in [5, 5.41) is 5.83. The van der Waals surface area contributed by atoms with E-state index in [1.165, 1.54) is 0 Å². The lowest BCUT2D eigenvalue weighted by molar-refractivity contribution is -0.147. The van der Waals surface area contributed by atoms with Gasteiger partial charge in [-0.2, -0.15) is 0 Å². The standard InChI is InChI=1S/C21H28N4O3/c1-12(22)18(26)24-16-10-15-11-21(15)9-8-17(25(21)20(16)28)19(27)23-13(2)14-6-4-3-5-7-14/h3-7,12-13,15-17H,8-11,22H2,1-2H3,(H,23,27)(H,24,26)/t12-,13-,15?,16-,17-,21-/m0/s1. The van der Waals surface area contributed by atoms with Crippen molar-refractivity contribution in [3.05, 3.63) is 35.9 Å². The number of hydrogen-bond acceptors (Lipinski definition) is 4. The van der Waals surface area contributed by atoms with Crippen molar-refractivity contribution in [1.29, 1.82) is 0 Å². The molecule has 1 aromatic rings. The number of nitrogens with zero attached hydrogens (tertiary/aromatic N) is 1. The summed E-state index contributed by atoms with van der Waals surface area (Å²) in [6.45, 7) is 3.54. The van der Waals surface area contributed by atoms with Gasteiger partial charge in [0, 0.05) is 5.54 Å². The van der Waals surface area contributed by atoms with E-state index < -0.39 is 18.1 Å². The van der Waals surface area contributed by atoms with Crippen molar-refractivity contribution in [2.75, 3.05) is 0 Å². The molecule has 28 heavy (non-hydrogen) atoms. The van der Waals surface area contributed by atoms with Gasteiger partial charge in [0.1, 0.15) is 12.1 Å². The summed E-state index contributed by atoms with van der Waals surface area (Å²) in [7, 11) is 0. The number of amides is 3. The molecule has 1 aliphatic carbocycles. The smallest absolute Gasteiger partial charge is 0.246 e. The Kier molecular flexibility index (Phi) is 4.65. The Bertz CT molecular complexity index is 796. The minimum absolute atomic E-state index is 0.119. The molecule has 2 aliphatic heterocycles. The predicted molar refractivity (Wildman–Crippen MR) is 104 cm³/mol. The number of nitrogens with two attached hydrogens (primary N) is 1. The average Bonchev–Trinajstić information content (AvgIpc) is 3.23. The van der Waals surface area contributed by atoms with Gasteiger partial charge in [-0.1, -0.05) is 30.3 Å². The van der Waals surface area contributed by atoms with Crippen LogP contribution in [0.4, 0.5) is 0 Å². The van der Waals surface area contributed by atoms with Gasteiger partial charge < -0.3 is 21.3 Å². The summed E-state index contributed by atoms with van der Waals surface area (Å²) in [5.41, 5.74) is 6.49. The second-order valence-electron chi connectivity index (χ2n) is 8.49. The van der Waals surface area contributed by atoms with E-state index in [4.69, 9.17) is 5.73 Å². The third-order valence-electron chi connectivity index (χ3n) is 6.59. The number of carbonyl (C=O) groups is 3. The average molecular weight is 384 g/mol. The molecule has 1 aromatic carbocycles. The first-order chi connectivity index (χ1) is 13.3. The van der Waals surface area contributed by atoms with Gasteiger partial charge in [0.15, 0.2) is 0 Å². The van der Waals surface area contributed by atoms with Crippen LogP contribution in [0.3, 0.4) is 0 Å². The van der Waals surface area contributed by atoms with Gasteiger partial charge in [-0.15, -0.1) is 0 Å². The SMILES string of the molecule is C[C@H](N)C(=O)N[C@H]1CC2C[C@@]23CC[C@@H](C(=O)N[C@@H](C)c2ccccc2)N3C1=O. The molecule has 0 aromatic heterocycles. The number of hydrogen-bond donors (Lipinski definition) is 3. The zero-order chi connectivity index (χ0) is 20.1. The molecular formula is C21H28N4O3. The van der Waals surface area contributed by atoms with Crippen molar-refractivity contribution in [3.63, 3.8) is 0 Å². The fraction of sp³-hybridized carbons (Fsp3) is 0.571. The highest BCUT2D eigenvalue weighted by Gasteiger charge is 2.69. The Morgan fingerprint density at radius 1 is 1.25 bits per heavy atom. The van der Waals surface area contributed by atoms with E-state index in [-0.39, 0.29) is 29.3 Å². The molecule has 6 atom stereocenters. The van der Waals surface area contributed by atoms with Crippen LogP contribution in [0.15, 0.2) is 30.3 Å². The van der Waals surface area contributed by atoms with Crippen molar-refractivity contribution in [3.8, 4) is 0 Å². The van der Waals surface area contributed by atoms with Gasteiger partial charge >= 0.3 is 0 Å². The van der Waals surface area contributed by atoms with Gasteiger partial charge in [-0.05, 0) is 51.0 Å². The predicted octanol–water partition coefficient (Wildman–Crippen LogP) is 0.849. The number of rotatable bonds is 5. The highest BCUT2D eigenvalue weighted by atomic mass is 16.2. The number of nitrogens with one attached hydrogen (secondary N) is 2. The minimum Gasteiger partial charge on any atom is -0.348 e. The summed E-state index contributed by atoms with van der Waals surface area (Å²) in [6, 6.07) is 7.92. The highest BCUT2D eigenvalue weighted by Crippen LogP contribution is 2.61. The first-order valence-corrected chi connectivity index (χ1v) is 10.1. The molecule has 3 amide bonds. The number of carbonyl (C=O) groups excluding carboxylic acids is 3. The molecule has 4 N–H and O–H groups in total. The summed E-state index contributed by atoms with van der Waals surface area (Å²) in [5.74, 6) is -0.239. The van der Waals surface area contributed by atoms with Gasteiger partial charge in [-0.25, -0.2) is 0 Å². The van der Waals surface area contributed by atoms with E-state index in [1.54, 1.807) is 11.8 Å². The summed E-state index contributed by atoms with van der Waals surface area (Å²) in [6.07, 6.45) is 3.09. The van der Waals surface area contributed by atoms with E-state index >= 15 is 0 Å². The molecule has 4 rings (SSSR count). The van der Waals surface area contributed by atoms with E-state index in [0.29, 0.717) is 18.8 Å². The first-order valence-electron chi connectivity index (χ1n) is 10.1. The Morgan fingerprint density at radius 3 is 2.64 bits per heavy atom. The van der Waals surface area contributed by atoms with Crippen LogP contribution in [-0.4, -0.2) is 46.3 Å². The summed E-state index contributed by atoms with van der Waals surface area (Å²) >= 11 is 0. The van der Waals surface area contributed by atoms with Gasteiger partial charge in [-0.3, -0.25) is 14.4 Å². The quantitative estimate of drug-likeness (QED) is 0.700. The van der Waals surface area contributed by atoms with Crippen molar-refractivity contribution in [2.45, 2.75) is 69.2 Å². The molecule has 3 fully saturated rings. The highest BCUT2D eigenvalue weighted by molar-refractivity contribution is 5.95. The molecule has 1 unspecified atom stereocenters. The Morgan fingerprint density at radius 2 is 1.96 bits per heavy atom. The van der Waals surface area contributed by atoms with Crippen LogP contribution in [0.5, 0.6) is 0 Å². The van der Waals surface area contributed by atoms with Crippen LogP contribution < -0.4 is 16.4 Å². The Balaban J connectivity index is 1.48. The van der Waals surface area contributed by atoms with Crippen LogP contribution in [0.25, 0.3) is 0 Å². The first kappa shape index (κ1) is 18.9. The molecule has 7 heteroatoms. The van der Waals surface area contributed by atoms with Crippen molar-refractivity contribution in [1.82, 2.24) is 15.5 Å². The molecule has 7 nitrogen and oxygen atoms in total. The summed E-state index contributed by atoms with van der Waals surface area (Å²) in [4.78, 5) is 40.0. The van der Waals surface area contributed by atoms with E-state index in [1.807, 2.05) is 37.3 Å². The molecule has 1 spiro atoms. The molecule has 2 saturated heterocycles. The van der Waals surface area contributed by atoms with Crippen molar-refractivity contribution >= 4 is 17.7 Å². The van der Waals surface area contributed by atoms with Crippen molar-refractivity contribution < 1.29 is 14.4 Å². The van der Waals surface area contributed by atoms with Crippen molar-refractivity contribution in [2.24, 2.45) is 11.7 Å². The third-order valence-corrected chi connectivity index (χ3v) is 6.59. The molecule has 2 heterocycles. The zero-order valence-electron chi connectivity index (χ0n) is 16.4. The topological polar surface area (TPSA) is 105 Å². The van der Waals surface area contributed by atoms with Crippen LogP contribution >= 0.6 is 0 Å². The number of piperidine rings is 1. The fourth-order valence-electron chi connectivity index (χ4n) is 4.95. The molecule has 0 bridgehead atoms. The normalized spacial score (nSPS) is 32.8. The van der Waals surface area contributed by atoms with Gasteiger partial charge in [0.05, 0.1) is 12.1 Å². The molecule has 150 valence electrons. The largest absolute Gasteiger partial charge is 0.348 e. The lowest BCUT2D eigenvalue weighted by Crippen LogP contribution is -2.60. The maximum absolute atomic E-state index is 13.2. The maximum atomic E-state index is 13.2. The van der Waals surface area contributed by atoms with Crippen LogP contribution in [0.2, 0.25) is 0 Å². The fourth-order valence-corrected chi connectivity index (χ4v) is 4.95. The van der Waals surface area contributed by atoms with Gasteiger partial charge in [0.2, 0.25) is 17.7 Å². The molecule has 3 aliphatic rings. The Hall–Kier alpha value is -2.41. The van der Waals surface area contributed by atoms with Crippen LogP contribution in [0, 0.1) is 5.92 Å². The van der Waals surface area contributed by atoms with Crippen LogP contribution in [-0.2, 0) is 14.4 Å².